The molecule has 0 spiro atoms. The van der Waals surface area contributed by atoms with E-state index >= 15 is 0 Å². The largest absolute Gasteiger partial charge is 0.490 e. The summed E-state index contributed by atoms with van der Waals surface area (Å²) in [4.78, 5) is 0. The zero-order valence-electron chi connectivity index (χ0n) is 10.4. The maximum absolute atomic E-state index is 12.9. The zero-order valence-corrected chi connectivity index (χ0v) is 11.2. The fourth-order valence-electron chi connectivity index (χ4n) is 1.53. The lowest BCUT2D eigenvalue weighted by Crippen LogP contribution is -2.10. The van der Waals surface area contributed by atoms with Gasteiger partial charge in [-0.05, 0) is 30.3 Å². The summed E-state index contributed by atoms with van der Waals surface area (Å²) in [6.45, 7) is 0.387. The zero-order chi connectivity index (χ0) is 14.5. The molecule has 0 bridgehead atoms. The third-order valence-electron chi connectivity index (χ3n) is 2.47. The van der Waals surface area contributed by atoms with Crippen LogP contribution in [0.25, 0.3) is 0 Å². The molecule has 20 heavy (non-hydrogen) atoms. The third-order valence-corrected chi connectivity index (χ3v) is 2.71. The highest BCUT2D eigenvalue weighted by Gasteiger charge is 2.04. The Kier molecular flexibility index (Phi) is 4.63. The Labute approximate surface area is 119 Å². The summed E-state index contributed by atoms with van der Waals surface area (Å²) in [7, 11) is 0. The highest BCUT2D eigenvalue weighted by atomic mass is 35.5. The van der Waals surface area contributed by atoms with Crippen molar-refractivity contribution in [3.8, 4) is 11.5 Å². The molecule has 0 amide bonds. The van der Waals surface area contributed by atoms with Crippen molar-refractivity contribution < 1.29 is 18.3 Å². The van der Waals surface area contributed by atoms with E-state index < -0.39 is 11.6 Å². The van der Waals surface area contributed by atoms with Crippen molar-refractivity contribution in [2.24, 2.45) is 0 Å². The van der Waals surface area contributed by atoms with Crippen LogP contribution in [0.5, 0.6) is 11.5 Å². The molecule has 0 unspecified atom stereocenters. The minimum Gasteiger partial charge on any atom is -0.490 e. The number of benzene rings is 2. The van der Waals surface area contributed by atoms with Crippen molar-refractivity contribution >= 4 is 17.3 Å². The molecule has 0 saturated carbocycles. The molecule has 106 valence electrons. The lowest BCUT2D eigenvalue weighted by molar-refractivity contribution is 0.217. The van der Waals surface area contributed by atoms with Crippen molar-refractivity contribution in [1.29, 1.82) is 0 Å². The molecular weight excluding hydrogens is 288 g/mol. The molecule has 0 heterocycles. The van der Waals surface area contributed by atoms with E-state index in [1.165, 1.54) is 6.07 Å². The Morgan fingerprint density at radius 3 is 2.40 bits per heavy atom. The summed E-state index contributed by atoms with van der Waals surface area (Å²) in [5.41, 5.74) is 6.13. The van der Waals surface area contributed by atoms with Gasteiger partial charge in [-0.3, -0.25) is 0 Å². The summed E-state index contributed by atoms with van der Waals surface area (Å²) in [5, 5.41) is 0.521. The van der Waals surface area contributed by atoms with Crippen LogP contribution in [0.1, 0.15) is 0 Å². The van der Waals surface area contributed by atoms with Crippen LogP contribution in [0.3, 0.4) is 0 Å². The number of halogens is 3. The van der Waals surface area contributed by atoms with Gasteiger partial charge in [-0.1, -0.05) is 11.6 Å². The van der Waals surface area contributed by atoms with Gasteiger partial charge in [0.15, 0.2) is 11.6 Å². The molecular formula is C14H12ClF2NO2. The van der Waals surface area contributed by atoms with Gasteiger partial charge in [0.25, 0.3) is 0 Å². The van der Waals surface area contributed by atoms with Crippen molar-refractivity contribution in [3.05, 3.63) is 53.1 Å². The monoisotopic (exact) mass is 299 g/mol. The lowest BCUT2D eigenvalue weighted by atomic mass is 10.3. The van der Waals surface area contributed by atoms with Crippen LogP contribution >= 0.6 is 11.6 Å². The Bertz CT molecular complexity index is 608. The van der Waals surface area contributed by atoms with Crippen LogP contribution in [0.15, 0.2) is 36.4 Å². The Hall–Kier alpha value is -2.01. The number of hydrogen-bond acceptors (Lipinski definition) is 3. The predicted molar refractivity (Wildman–Crippen MR) is 73.2 cm³/mol. The van der Waals surface area contributed by atoms with E-state index in [1.807, 2.05) is 0 Å². The van der Waals surface area contributed by atoms with E-state index in [2.05, 4.69) is 0 Å². The van der Waals surface area contributed by atoms with Gasteiger partial charge in [0.2, 0.25) is 0 Å². The summed E-state index contributed by atoms with van der Waals surface area (Å²) in [5.74, 6) is -1.15. The summed E-state index contributed by atoms with van der Waals surface area (Å²) in [6.07, 6.45) is 0. The lowest BCUT2D eigenvalue weighted by Gasteiger charge is -2.10. The minimum atomic E-state index is -0.953. The standard InChI is InChI=1S/C14H12ClF2NO2/c15-9-1-4-14(13(18)7-9)20-6-5-19-10-2-3-11(16)12(17)8-10/h1-4,7-8H,5-6,18H2. The highest BCUT2D eigenvalue weighted by molar-refractivity contribution is 6.30. The molecule has 0 aliphatic carbocycles. The topological polar surface area (TPSA) is 44.5 Å². The van der Waals surface area contributed by atoms with E-state index in [-0.39, 0.29) is 19.0 Å². The Balaban J connectivity index is 1.82. The van der Waals surface area contributed by atoms with Crippen LogP contribution in [0, 0.1) is 11.6 Å². The Morgan fingerprint density at radius 2 is 1.70 bits per heavy atom. The number of anilines is 1. The second-order valence-corrected chi connectivity index (χ2v) is 4.39. The second-order valence-electron chi connectivity index (χ2n) is 3.95. The molecule has 0 aliphatic rings. The number of hydrogen-bond donors (Lipinski definition) is 1. The molecule has 0 atom stereocenters. The van der Waals surface area contributed by atoms with Crippen molar-refractivity contribution in [2.45, 2.75) is 0 Å². The second kappa shape index (κ2) is 6.43. The minimum absolute atomic E-state index is 0.174. The first-order valence-corrected chi connectivity index (χ1v) is 6.20. The van der Waals surface area contributed by atoms with E-state index in [0.29, 0.717) is 16.5 Å². The van der Waals surface area contributed by atoms with Gasteiger partial charge in [0, 0.05) is 11.1 Å². The van der Waals surface area contributed by atoms with Crippen LogP contribution in [0.2, 0.25) is 5.02 Å². The van der Waals surface area contributed by atoms with Gasteiger partial charge < -0.3 is 15.2 Å². The molecule has 6 heteroatoms. The molecule has 0 radical (unpaired) electrons. The maximum Gasteiger partial charge on any atom is 0.162 e. The molecule has 2 aromatic carbocycles. The number of nitrogens with two attached hydrogens (primary N) is 1. The average Bonchev–Trinajstić information content (AvgIpc) is 2.40. The van der Waals surface area contributed by atoms with Gasteiger partial charge >= 0.3 is 0 Å². The van der Waals surface area contributed by atoms with Gasteiger partial charge in [0.05, 0.1) is 5.69 Å². The van der Waals surface area contributed by atoms with Gasteiger partial charge in [-0.25, -0.2) is 8.78 Å². The third kappa shape index (κ3) is 3.74. The number of ether oxygens (including phenoxy) is 2. The van der Waals surface area contributed by atoms with Crippen LogP contribution in [-0.4, -0.2) is 13.2 Å². The normalized spacial score (nSPS) is 10.3. The SMILES string of the molecule is Nc1cc(Cl)ccc1OCCOc1ccc(F)c(F)c1. The fourth-order valence-corrected chi connectivity index (χ4v) is 1.71. The first kappa shape index (κ1) is 14.4. The van der Waals surface area contributed by atoms with Gasteiger partial charge in [-0.15, -0.1) is 0 Å². The molecule has 2 aromatic rings. The average molecular weight is 300 g/mol. The summed E-state index contributed by atoms with van der Waals surface area (Å²) >= 11 is 5.76. The molecule has 0 fully saturated rings. The first-order valence-electron chi connectivity index (χ1n) is 5.82. The fraction of sp³-hybridized carbons (Fsp3) is 0.143. The van der Waals surface area contributed by atoms with Crippen molar-refractivity contribution in [1.82, 2.24) is 0 Å². The van der Waals surface area contributed by atoms with Gasteiger partial charge in [0.1, 0.15) is 24.7 Å². The van der Waals surface area contributed by atoms with Crippen molar-refractivity contribution in [2.75, 3.05) is 18.9 Å². The van der Waals surface area contributed by atoms with E-state index in [0.717, 1.165) is 12.1 Å². The Morgan fingerprint density at radius 1 is 0.950 bits per heavy atom. The molecule has 2 rings (SSSR count). The number of rotatable bonds is 5. The molecule has 0 saturated heterocycles. The van der Waals surface area contributed by atoms with E-state index in [1.54, 1.807) is 18.2 Å². The van der Waals surface area contributed by atoms with E-state index in [4.69, 9.17) is 26.8 Å². The quantitative estimate of drug-likeness (QED) is 0.677. The van der Waals surface area contributed by atoms with Gasteiger partial charge in [-0.2, -0.15) is 0 Å². The van der Waals surface area contributed by atoms with Crippen LogP contribution < -0.4 is 15.2 Å². The molecule has 0 aliphatic heterocycles. The molecule has 2 N–H and O–H groups in total. The van der Waals surface area contributed by atoms with Crippen LogP contribution in [0.4, 0.5) is 14.5 Å². The van der Waals surface area contributed by atoms with E-state index in [9.17, 15) is 8.78 Å². The summed E-state index contributed by atoms with van der Waals surface area (Å²) < 4.78 is 36.3. The number of nitrogen functional groups attached to an aromatic ring is 1. The van der Waals surface area contributed by atoms with Crippen LogP contribution in [-0.2, 0) is 0 Å². The predicted octanol–water partition coefficient (Wildman–Crippen LogP) is 3.66. The molecule has 3 nitrogen and oxygen atoms in total. The summed E-state index contributed by atoms with van der Waals surface area (Å²) in [6, 6.07) is 8.20. The maximum atomic E-state index is 12.9. The smallest absolute Gasteiger partial charge is 0.162 e. The highest BCUT2D eigenvalue weighted by Crippen LogP contribution is 2.24. The first-order chi connectivity index (χ1) is 9.56. The molecule has 0 aromatic heterocycles. The van der Waals surface area contributed by atoms with Crippen molar-refractivity contribution in [3.63, 3.8) is 0 Å².